The van der Waals surface area contributed by atoms with Gasteiger partial charge >= 0.3 is 0 Å². The van der Waals surface area contributed by atoms with E-state index in [0.29, 0.717) is 10.9 Å². The van der Waals surface area contributed by atoms with Crippen LogP contribution >= 0.6 is 0 Å². The van der Waals surface area contributed by atoms with Gasteiger partial charge in [-0.2, -0.15) is 0 Å². The maximum Gasteiger partial charge on any atom is 0.178 e. The maximum absolute atomic E-state index is 11.6. The quantitative estimate of drug-likeness (QED) is 0.849. The van der Waals surface area contributed by atoms with Gasteiger partial charge in [0.1, 0.15) is 0 Å². The highest BCUT2D eigenvalue weighted by molar-refractivity contribution is 7.91. The summed E-state index contributed by atoms with van der Waals surface area (Å²) in [5, 5.41) is 3.38. The van der Waals surface area contributed by atoms with E-state index < -0.39 is 9.84 Å². The maximum atomic E-state index is 11.6. The molecule has 1 rings (SSSR count). The van der Waals surface area contributed by atoms with Crippen LogP contribution in [-0.2, 0) is 9.84 Å². The number of hydrogen-bond acceptors (Lipinski definition) is 3. The molecule has 0 radical (unpaired) electrons. The molecule has 0 saturated heterocycles. The van der Waals surface area contributed by atoms with Crippen molar-refractivity contribution in [3.8, 4) is 0 Å². The third-order valence-electron chi connectivity index (χ3n) is 2.95. The van der Waals surface area contributed by atoms with Crippen molar-refractivity contribution in [3.63, 3.8) is 0 Å². The topological polar surface area (TPSA) is 46.2 Å². The average Bonchev–Trinajstić information content (AvgIpc) is 2.36. The highest BCUT2D eigenvalue weighted by atomic mass is 32.2. The Morgan fingerprint density at radius 3 is 2.00 bits per heavy atom. The zero-order valence-corrected chi connectivity index (χ0v) is 11.5. The molecule has 4 heteroatoms. The molecule has 0 saturated carbocycles. The van der Waals surface area contributed by atoms with Gasteiger partial charge < -0.3 is 5.32 Å². The van der Waals surface area contributed by atoms with Gasteiger partial charge in [0.05, 0.1) is 10.6 Å². The van der Waals surface area contributed by atoms with Crippen LogP contribution in [0.15, 0.2) is 29.2 Å². The highest BCUT2D eigenvalue weighted by Crippen LogP contribution is 2.17. The molecule has 3 nitrogen and oxygen atoms in total. The number of rotatable bonds is 6. The standard InChI is InChI=1S/C13H21NO2S/c1-4-11(5-2)14-12-7-9-13(10-8-12)17(15,16)6-3/h7-11,14H,4-6H2,1-3H3. The minimum Gasteiger partial charge on any atom is -0.382 e. The molecule has 0 amide bonds. The van der Waals surface area contributed by atoms with Gasteiger partial charge in [-0.25, -0.2) is 8.42 Å². The molecule has 17 heavy (non-hydrogen) atoms. The highest BCUT2D eigenvalue weighted by Gasteiger charge is 2.11. The average molecular weight is 255 g/mol. The van der Waals surface area contributed by atoms with Crippen molar-refractivity contribution in [2.24, 2.45) is 0 Å². The largest absolute Gasteiger partial charge is 0.382 e. The van der Waals surface area contributed by atoms with Crippen molar-refractivity contribution in [3.05, 3.63) is 24.3 Å². The van der Waals surface area contributed by atoms with Crippen LogP contribution in [0.3, 0.4) is 0 Å². The summed E-state index contributed by atoms with van der Waals surface area (Å²) in [5.74, 6) is 0.145. The normalized spacial score (nSPS) is 11.8. The molecule has 96 valence electrons. The lowest BCUT2D eigenvalue weighted by molar-refractivity contribution is 0.597. The number of benzene rings is 1. The lowest BCUT2D eigenvalue weighted by Crippen LogP contribution is -2.16. The van der Waals surface area contributed by atoms with E-state index in [4.69, 9.17) is 0 Å². The number of sulfone groups is 1. The van der Waals surface area contributed by atoms with Gasteiger partial charge in [0.15, 0.2) is 9.84 Å². The van der Waals surface area contributed by atoms with E-state index in [1.165, 1.54) is 0 Å². The minimum atomic E-state index is -3.08. The molecule has 0 unspecified atom stereocenters. The molecule has 0 bridgehead atoms. The van der Waals surface area contributed by atoms with E-state index in [1.54, 1.807) is 19.1 Å². The van der Waals surface area contributed by atoms with Crippen molar-refractivity contribution >= 4 is 15.5 Å². The Morgan fingerprint density at radius 1 is 1.06 bits per heavy atom. The summed E-state index contributed by atoms with van der Waals surface area (Å²) >= 11 is 0. The first-order valence-corrected chi connectivity index (χ1v) is 7.78. The molecule has 0 spiro atoms. The molecule has 0 aromatic heterocycles. The predicted molar refractivity (Wildman–Crippen MR) is 72.2 cm³/mol. The van der Waals surface area contributed by atoms with Crippen molar-refractivity contribution in [2.75, 3.05) is 11.1 Å². The van der Waals surface area contributed by atoms with Gasteiger partial charge in [0.25, 0.3) is 0 Å². The van der Waals surface area contributed by atoms with Crippen molar-refractivity contribution < 1.29 is 8.42 Å². The SMILES string of the molecule is CCC(CC)Nc1ccc(S(=O)(=O)CC)cc1. The van der Waals surface area contributed by atoms with Crippen LogP contribution in [0.25, 0.3) is 0 Å². The Balaban J connectivity index is 2.82. The van der Waals surface area contributed by atoms with Crippen LogP contribution in [0, 0.1) is 0 Å². The van der Waals surface area contributed by atoms with E-state index in [9.17, 15) is 8.42 Å². The van der Waals surface area contributed by atoms with Crippen molar-refractivity contribution in [2.45, 2.75) is 44.6 Å². The number of hydrogen-bond donors (Lipinski definition) is 1. The van der Waals surface area contributed by atoms with Crippen molar-refractivity contribution in [1.82, 2.24) is 0 Å². The zero-order valence-electron chi connectivity index (χ0n) is 10.7. The summed E-state index contributed by atoms with van der Waals surface area (Å²) in [7, 11) is -3.08. The zero-order chi connectivity index (χ0) is 12.9. The van der Waals surface area contributed by atoms with Gasteiger partial charge in [-0.15, -0.1) is 0 Å². The third kappa shape index (κ3) is 3.73. The molecular formula is C13H21NO2S. The van der Waals surface area contributed by atoms with Gasteiger partial charge in [0, 0.05) is 11.7 Å². The van der Waals surface area contributed by atoms with E-state index in [2.05, 4.69) is 19.2 Å². The fraction of sp³-hybridized carbons (Fsp3) is 0.538. The van der Waals surface area contributed by atoms with Gasteiger partial charge in [0.2, 0.25) is 0 Å². The second kappa shape index (κ2) is 6.05. The molecule has 1 aromatic carbocycles. The smallest absolute Gasteiger partial charge is 0.178 e. The molecule has 0 heterocycles. The summed E-state index contributed by atoms with van der Waals surface area (Å²) in [5.41, 5.74) is 0.980. The molecule has 1 N–H and O–H groups in total. The first-order chi connectivity index (χ1) is 8.03. The van der Waals surface area contributed by atoms with Crippen LogP contribution in [0.5, 0.6) is 0 Å². The van der Waals surface area contributed by atoms with Crippen LogP contribution in [-0.4, -0.2) is 20.2 Å². The predicted octanol–water partition coefficient (Wildman–Crippen LogP) is 3.08. The van der Waals surface area contributed by atoms with Crippen LogP contribution in [0.1, 0.15) is 33.6 Å². The molecule has 0 fully saturated rings. The van der Waals surface area contributed by atoms with Gasteiger partial charge in [-0.05, 0) is 37.1 Å². The summed E-state index contributed by atoms with van der Waals surface area (Å²) < 4.78 is 23.3. The van der Waals surface area contributed by atoms with Crippen molar-refractivity contribution in [1.29, 1.82) is 0 Å². The molecule has 0 atom stereocenters. The molecule has 0 aliphatic heterocycles. The van der Waals surface area contributed by atoms with Crippen LogP contribution < -0.4 is 5.32 Å². The van der Waals surface area contributed by atoms with Crippen LogP contribution in [0.4, 0.5) is 5.69 Å². The number of anilines is 1. The lowest BCUT2D eigenvalue weighted by Gasteiger charge is -2.16. The minimum absolute atomic E-state index is 0.145. The Bertz CT molecular complexity index is 433. The molecule has 1 aromatic rings. The number of nitrogens with one attached hydrogen (secondary N) is 1. The Hall–Kier alpha value is -1.03. The fourth-order valence-electron chi connectivity index (χ4n) is 1.65. The summed E-state index contributed by atoms with van der Waals surface area (Å²) in [6, 6.07) is 7.46. The monoisotopic (exact) mass is 255 g/mol. The summed E-state index contributed by atoms with van der Waals surface area (Å²) in [4.78, 5) is 0.398. The van der Waals surface area contributed by atoms with Gasteiger partial charge in [-0.1, -0.05) is 20.8 Å². The van der Waals surface area contributed by atoms with E-state index in [1.807, 2.05) is 12.1 Å². The van der Waals surface area contributed by atoms with E-state index >= 15 is 0 Å². The molecular weight excluding hydrogens is 234 g/mol. The van der Waals surface area contributed by atoms with E-state index in [-0.39, 0.29) is 5.75 Å². The summed E-state index contributed by atoms with van der Waals surface area (Å²) in [6.07, 6.45) is 2.12. The first kappa shape index (κ1) is 14.0. The second-order valence-corrected chi connectivity index (χ2v) is 6.36. The Kier molecular flexibility index (Phi) is 5.00. The van der Waals surface area contributed by atoms with E-state index in [0.717, 1.165) is 18.5 Å². The van der Waals surface area contributed by atoms with Crippen LogP contribution in [0.2, 0.25) is 0 Å². The lowest BCUT2D eigenvalue weighted by atomic mass is 10.1. The summed E-state index contributed by atoms with van der Waals surface area (Å²) in [6.45, 7) is 5.93. The van der Waals surface area contributed by atoms with Gasteiger partial charge in [-0.3, -0.25) is 0 Å². The third-order valence-corrected chi connectivity index (χ3v) is 4.70. The molecule has 0 aliphatic carbocycles. The second-order valence-electron chi connectivity index (χ2n) is 4.09. The fourth-order valence-corrected chi connectivity index (χ4v) is 2.54. The first-order valence-electron chi connectivity index (χ1n) is 6.12. The Labute approximate surface area is 104 Å². The Morgan fingerprint density at radius 2 is 1.59 bits per heavy atom. The molecule has 0 aliphatic rings.